The molecule has 6 heteroatoms. The summed E-state index contributed by atoms with van der Waals surface area (Å²) in [6.07, 6.45) is 0. The SMILES string of the molecule is CC(=O)c1c(C)[nH]c(C(=O)[C@H](C)[NH+](C)CC(=O)Nc2c(C)cc(C)cc2C)c1C. The van der Waals surface area contributed by atoms with Gasteiger partial charge in [0.15, 0.2) is 18.4 Å². The second kappa shape index (κ2) is 8.74. The number of Topliss-reactive ketones (excluding diaryl/α,β-unsaturated/α-hetero) is 2. The number of hydrogen-bond acceptors (Lipinski definition) is 3. The number of ketones is 2. The van der Waals surface area contributed by atoms with Crippen molar-refractivity contribution in [3.8, 4) is 0 Å². The summed E-state index contributed by atoms with van der Waals surface area (Å²) >= 11 is 0. The summed E-state index contributed by atoms with van der Waals surface area (Å²) in [5.74, 6) is -0.306. The summed E-state index contributed by atoms with van der Waals surface area (Å²) < 4.78 is 0. The Morgan fingerprint density at radius 1 is 1.07 bits per heavy atom. The molecule has 1 aromatic heterocycles. The van der Waals surface area contributed by atoms with Crippen LogP contribution in [0.4, 0.5) is 5.69 Å². The minimum absolute atomic E-state index is 0.0631. The van der Waals surface area contributed by atoms with Crippen molar-refractivity contribution >= 4 is 23.2 Å². The van der Waals surface area contributed by atoms with Gasteiger partial charge in [0.05, 0.1) is 12.7 Å². The molecule has 0 aliphatic carbocycles. The Kier molecular flexibility index (Phi) is 6.80. The van der Waals surface area contributed by atoms with E-state index in [1.54, 1.807) is 20.8 Å². The summed E-state index contributed by atoms with van der Waals surface area (Å²) in [6, 6.07) is 3.64. The van der Waals surface area contributed by atoms with Crippen LogP contribution in [0.15, 0.2) is 12.1 Å². The highest BCUT2D eigenvalue weighted by atomic mass is 16.2. The van der Waals surface area contributed by atoms with Crippen LogP contribution in [0.25, 0.3) is 0 Å². The minimum Gasteiger partial charge on any atom is -0.355 e. The lowest BCUT2D eigenvalue weighted by molar-refractivity contribution is -0.885. The molecule has 0 fully saturated rings. The van der Waals surface area contributed by atoms with Gasteiger partial charge in [0.1, 0.15) is 0 Å². The van der Waals surface area contributed by atoms with Crippen LogP contribution in [0.2, 0.25) is 0 Å². The van der Waals surface area contributed by atoms with Gasteiger partial charge in [-0.15, -0.1) is 0 Å². The molecule has 0 bridgehead atoms. The number of rotatable bonds is 7. The first kappa shape index (κ1) is 22.6. The molecule has 0 radical (unpaired) electrons. The van der Waals surface area contributed by atoms with Crippen molar-refractivity contribution in [2.24, 2.45) is 0 Å². The number of aromatic amines is 1. The molecule has 156 valence electrons. The van der Waals surface area contributed by atoms with Gasteiger partial charge in [-0.3, -0.25) is 14.4 Å². The summed E-state index contributed by atoms with van der Waals surface area (Å²) in [7, 11) is 1.83. The van der Waals surface area contributed by atoms with Crippen LogP contribution in [-0.2, 0) is 4.79 Å². The van der Waals surface area contributed by atoms with E-state index in [4.69, 9.17) is 0 Å². The molecule has 0 aliphatic heterocycles. The predicted molar refractivity (Wildman–Crippen MR) is 115 cm³/mol. The van der Waals surface area contributed by atoms with Crippen LogP contribution in [0.3, 0.4) is 0 Å². The van der Waals surface area contributed by atoms with Gasteiger partial charge in [-0.2, -0.15) is 0 Å². The summed E-state index contributed by atoms with van der Waals surface area (Å²) in [5.41, 5.74) is 6.42. The molecule has 1 amide bonds. The number of carbonyl (C=O) groups is 3. The van der Waals surface area contributed by atoms with Crippen LogP contribution in [0, 0.1) is 34.6 Å². The molecule has 2 rings (SSSR count). The van der Waals surface area contributed by atoms with E-state index in [1.165, 1.54) is 6.92 Å². The van der Waals surface area contributed by atoms with Gasteiger partial charge in [-0.25, -0.2) is 0 Å². The molecular formula is C23H32N3O3+. The third-order valence-electron chi connectivity index (χ3n) is 5.55. The average Bonchev–Trinajstić information content (AvgIpc) is 2.91. The van der Waals surface area contributed by atoms with E-state index in [0.29, 0.717) is 22.5 Å². The van der Waals surface area contributed by atoms with E-state index in [0.717, 1.165) is 27.3 Å². The third kappa shape index (κ3) is 4.82. The van der Waals surface area contributed by atoms with Gasteiger partial charge in [0, 0.05) is 16.9 Å². The van der Waals surface area contributed by atoms with Crippen LogP contribution >= 0.6 is 0 Å². The molecule has 0 saturated carbocycles. The molecule has 3 N–H and O–H groups in total. The van der Waals surface area contributed by atoms with Crippen molar-refractivity contribution < 1.29 is 19.3 Å². The number of nitrogens with one attached hydrogen (secondary N) is 3. The number of benzene rings is 1. The molecular weight excluding hydrogens is 366 g/mol. The average molecular weight is 399 g/mol. The second-order valence-corrected chi connectivity index (χ2v) is 8.11. The van der Waals surface area contributed by atoms with Crippen LogP contribution in [0.5, 0.6) is 0 Å². The number of likely N-dealkylation sites (N-methyl/N-ethyl adjacent to an activating group) is 1. The number of aryl methyl sites for hydroxylation is 4. The molecule has 29 heavy (non-hydrogen) atoms. The lowest BCUT2D eigenvalue weighted by Gasteiger charge is -2.21. The smallest absolute Gasteiger partial charge is 0.279 e. The fourth-order valence-electron chi connectivity index (χ4n) is 3.93. The van der Waals surface area contributed by atoms with Gasteiger partial charge in [-0.05, 0) is 65.2 Å². The zero-order chi connectivity index (χ0) is 22.0. The van der Waals surface area contributed by atoms with Gasteiger partial charge in [0.25, 0.3) is 5.91 Å². The number of aromatic nitrogens is 1. The number of amides is 1. The predicted octanol–water partition coefficient (Wildman–Crippen LogP) is 2.48. The fourth-order valence-corrected chi connectivity index (χ4v) is 3.93. The van der Waals surface area contributed by atoms with Gasteiger partial charge >= 0.3 is 0 Å². The summed E-state index contributed by atoms with van der Waals surface area (Å²) in [6.45, 7) is 13.0. The molecule has 6 nitrogen and oxygen atoms in total. The van der Waals surface area contributed by atoms with E-state index in [1.807, 2.05) is 40.0 Å². The molecule has 0 saturated heterocycles. The Morgan fingerprint density at radius 2 is 1.62 bits per heavy atom. The first-order valence-corrected chi connectivity index (χ1v) is 9.88. The van der Waals surface area contributed by atoms with Crippen LogP contribution in [-0.4, -0.2) is 42.1 Å². The van der Waals surface area contributed by atoms with Gasteiger partial charge in [0.2, 0.25) is 5.78 Å². The van der Waals surface area contributed by atoms with E-state index >= 15 is 0 Å². The Hall–Kier alpha value is -2.73. The second-order valence-electron chi connectivity index (χ2n) is 8.11. The van der Waals surface area contributed by atoms with E-state index in [-0.39, 0.29) is 24.0 Å². The van der Waals surface area contributed by atoms with E-state index in [2.05, 4.69) is 10.3 Å². The number of hydrogen-bond donors (Lipinski definition) is 3. The van der Waals surface area contributed by atoms with Crippen molar-refractivity contribution in [3.63, 3.8) is 0 Å². The molecule has 1 unspecified atom stereocenters. The maximum absolute atomic E-state index is 13.0. The highest BCUT2D eigenvalue weighted by Gasteiger charge is 2.29. The standard InChI is InChI=1S/C23H31N3O3/c1-12-9-13(2)21(14(3)10-12)25-19(28)11-26(8)17(6)23(29)22-15(4)20(18(7)27)16(5)24-22/h9-10,17,24H,11H2,1-8H3,(H,25,28)/p+1/t17-/m0/s1. The van der Waals surface area contributed by atoms with Crippen LogP contribution in [0.1, 0.15) is 62.6 Å². The fraction of sp³-hybridized carbons (Fsp3) is 0.435. The monoisotopic (exact) mass is 398 g/mol. The number of anilines is 1. The Bertz CT molecular complexity index is 949. The maximum Gasteiger partial charge on any atom is 0.279 e. The molecule has 0 spiro atoms. The molecule has 2 atom stereocenters. The van der Waals surface area contributed by atoms with Crippen molar-refractivity contribution in [2.45, 2.75) is 54.5 Å². The number of quaternary nitrogens is 1. The lowest BCUT2D eigenvalue weighted by atomic mass is 10.0. The highest BCUT2D eigenvalue weighted by molar-refractivity contribution is 6.04. The van der Waals surface area contributed by atoms with Gasteiger partial charge < -0.3 is 15.2 Å². The number of H-pyrrole nitrogens is 1. The van der Waals surface area contributed by atoms with Crippen LogP contribution < -0.4 is 10.2 Å². The van der Waals surface area contributed by atoms with Gasteiger partial charge in [-0.1, -0.05) is 17.7 Å². The first-order valence-electron chi connectivity index (χ1n) is 9.88. The quantitative estimate of drug-likeness (QED) is 0.627. The van der Waals surface area contributed by atoms with Crippen molar-refractivity contribution in [1.29, 1.82) is 0 Å². The van der Waals surface area contributed by atoms with Crippen molar-refractivity contribution in [3.05, 3.63) is 51.3 Å². The molecule has 0 aliphatic rings. The van der Waals surface area contributed by atoms with E-state index in [9.17, 15) is 14.4 Å². The highest BCUT2D eigenvalue weighted by Crippen LogP contribution is 2.22. The lowest BCUT2D eigenvalue weighted by Crippen LogP contribution is -3.14. The van der Waals surface area contributed by atoms with Crippen molar-refractivity contribution in [1.82, 2.24) is 4.98 Å². The zero-order valence-corrected chi connectivity index (χ0v) is 18.7. The zero-order valence-electron chi connectivity index (χ0n) is 18.7. The summed E-state index contributed by atoms with van der Waals surface area (Å²) in [5, 5.41) is 2.99. The third-order valence-corrected chi connectivity index (χ3v) is 5.55. The van der Waals surface area contributed by atoms with Crippen molar-refractivity contribution in [2.75, 3.05) is 18.9 Å². The minimum atomic E-state index is -0.433. The Balaban J connectivity index is 2.12. The Labute approximate surface area is 172 Å². The normalized spacial score (nSPS) is 13.1. The molecule has 1 aromatic carbocycles. The maximum atomic E-state index is 13.0. The number of carbonyl (C=O) groups excluding carboxylic acids is 3. The largest absolute Gasteiger partial charge is 0.355 e. The molecule has 2 aromatic rings. The van der Waals surface area contributed by atoms with E-state index < -0.39 is 6.04 Å². The topological polar surface area (TPSA) is 83.5 Å². The Morgan fingerprint density at radius 3 is 2.10 bits per heavy atom. The molecule has 1 heterocycles. The summed E-state index contributed by atoms with van der Waals surface area (Å²) in [4.78, 5) is 41.3. The first-order chi connectivity index (χ1) is 13.4.